The molecule has 0 saturated heterocycles. The van der Waals surface area contributed by atoms with E-state index in [9.17, 15) is 19.5 Å². The largest absolute Gasteiger partial charge is 0.480 e. The van der Waals surface area contributed by atoms with E-state index < -0.39 is 30.1 Å². The van der Waals surface area contributed by atoms with Crippen molar-refractivity contribution in [3.8, 4) is 11.1 Å². The highest BCUT2D eigenvalue weighted by Gasteiger charge is 2.29. The molecule has 8 heteroatoms. The first-order valence-electron chi connectivity index (χ1n) is 11.7. The summed E-state index contributed by atoms with van der Waals surface area (Å²) in [5.41, 5.74) is 4.50. The average molecular weight is 469 g/mol. The number of aliphatic hydroxyl groups excluding tert-OH is 1. The van der Waals surface area contributed by atoms with Crippen molar-refractivity contribution in [1.29, 1.82) is 0 Å². The molecule has 34 heavy (non-hydrogen) atoms. The first kappa shape index (κ1) is 25.2. The van der Waals surface area contributed by atoms with Crippen molar-refractivity contribution in [2.75, 3.05) is 13.2 Å². The van der Waals surface area contributed by atoms with Gasteiger partial charge in [0.1, 0.15) is 12.6 Å². The van der Waals surface area contributed by atoms with Crippen molar-refractivity contribution in [2.45, 2.75) is 57.0 Å². The second-order valence-electron chi connectivity index (χ2n) is 8.48. The lowest BCUT2D eigenvalue weighted by Crippen LogP contribution is -2.45. The Morgan fingerprint density at radius 1 is 0.971 bits per heavy atom. The number of carboxylic acids is 1. The second-order valence-corrected chi connectivity index (χ2v) is 8.48. The Balaban J connectivity index is 1.60. The van der Waals surface area contributed by atoms with Crippen LogP contribution < -0.4 is 10.6 Å². The van der Waals surface area contributed by atoms with E-state index in [1.54, 1.807) is 0 Å². The number of hydrogen-bond donors (Lipinski definition) is 4. The number of carboxylic acid groups (broad SMARTS) is 1. The van der Waals surface area contributed by atoms with Gasteiger partial charge in [-0.1, -0.05) is 68.3 Å². The molecule has 0 spiro atoms. The monoisotopic (exact) mass is 468 g/mol. The summed E-state index contributed by atoms with van der Waals surface area (Å²) >= 11 is 0. The van der Waals surface area contributed by atoms with Gasteiger partial charge in [-0.25, -0.2) is 9.59 Å². The summed E-state index contributed by atoms with van der Waals surface area (Å²) in [4.78, 5) is 36.2. The number of carbonyl (C=O) groups excluding carboxylic acids is 2. The number of ether oxygens (including phenoxy) is 1. The normalized spacial score (nSPS) is 13.9. The Kier molecular flexibility index (Phi) is 9.04. The molecular formula is C26H32N2O6. The van der Waals surface area contributed by atoms with E-state index in [4.69, 9.17) is 9.84 Å². The third kappa shape index (κ3) is 6.35. The SMILES string of the molecule is CCCC[C@H](CC(=O)N[C@@H](CCO)C(=O)O)NC(=O)OCC1c2ccccc2-c2ccccc21. The summed E-state index contributed by atoms with van der Waals surface area (Å²) in [7, 11) is 0. The van der Waals surface area contributed by atoms with Crippen LogP contribution in [0, 0.1) is 0 Å². The standard InChI is InChI=1S/C26H32N2O6/c1-2-3-8-17(15-24(30)28-23(13-14-29)25(31)32)27-26(33)34-16-22-20-11-6-4-9-18(20)19-10-5-7-12-21(19)22/h4-7,9-12,17,22-23,29H,2-3,8,13-16H2,1H3,(H,27,33)(H,28,30)(H,31,32)/t17-,23+/m1/s1. The van der Waals surface area contributed by atoms with Gasteiger partial charge in [0.15, 0.2) is 0 Å². The van der Waals surface area contributed by atoms with Gasteiger partial charge in [-0.15, -0.1) is 0 Å². The van der Waals surface area contributed by atoms with Gasteiger partial charge in [0.2, 0.25) is 5.91 Å². The Morgan fingerprint density at radius 3 is 2.15 bits per heavy atom. The molecule has 0 heterocycles. The van der Waals surface area contributed by atoms with Gasteiger partial charge >= 0.3 is 12.1 Å². The Labute approximate surface area is 199 Å². The molecule has 2 aromatic carbocycles. The summed E-state index contributed by atoms with van der Waals surface area (Å²) in [5, 5.41) is 23.3. The predicted molar refractivity (Wildman–Crippen MR) is 127 cm³/mol. The van der Waals surface area contributed by atoms with E-state index >= 15 is 0 Å². The molecule has 4 N–H and O–H groups in total. The minimum atomic E-state index is -1.21. The van der Waals surface area contributed by atoms with Crippen LogP contribution >= 0.6 is 0 Å². The molecule has 2 atom stereocenters. The lowest BCUT2D eigenvalue weighted by molar-refractivity contribution is -0.142. The number of benzene rings is 2. The third-order valence-corrected chi connectivity index (χ3v) is 6.05. The van der Waals surface area contributed by atoms with Crippen molar-refractivity contribution >= 4 is 18.0 Å². The average Bonchev–Trinajstić information content (AvgIpc) is 3.14. The van der Waals surface area contributed by atoms with E-state index in [0.29, 0.717) is 6.42 Å². The van der Waals surface area contributed by atoms with Crippen LogP contribution in [0.1, 0.15) is 56.1 Å². The fourth-order valence-electron chi connectivity index (χ4n) is 4.35. The number of amides is 2. The molecule has 0 saturated carbocycles. The van der Waals surface area contributed by atoms with Crippen LogP contribution in [0.2, 0.25) is 0 Å². The lowest BCUT2D eigenvalue weighted by Gasteiger charge is -2.21. The maximum Gasteiger partial charge on any atom is 0.407 e. The van der Waals surface area contributed by atoms with Crippen LogP contribution in [0.5, 0.6) is 0 Å². The molecule has 0 unspecified atom stereocenters. The highest BCUT2D eigenvalue weighted by atomic mass is 16.5. The quantitative estimate of drug-likeness (QED) is 0.378. The van der Waals surface area contributed by atoms with Crippen LogP contribution in [0.25, 0.3) is 11.1 Å². The molecule has 0 bridgehead atoms. The van der Waals surface area contributed by atoms with Crippen molar-refractivity contribution in [2.24, 2.45) is 0 Å². The van der Waals surface area contributed by atoms with E-state index in [2.05, 4.69) is 22.8 Å². The number of unbranched alkanes of at least 4 members (excludes halogenated alkanes) is 1. The van der Waals surface area contributed by atoms with Crippen molar-refractivity contribution < 1.29 is 29.3 Å². The molecule has 3 rings (SSSR count). The summed E-state index contributed by atoms with van der Waals surface area (Å²) in [5.74, 6) is -1.77. The summed E-state index contributed by atoms with van der Waals surface area (Å²) in [6.07, 6.45) is 1.47. The zero-order chi connectivity index (χ0) is 24.5. The molecular weight excluding hydrogens is 436 g/mol. The lowest BCUT2D eigenvalue weighted by atomic mass is 9.98. The molecule has 1 aliphatic carbocycles. The van der Waals surface area contributed by atoms with Gasteiger partial charge in [-0.2, -0.15) is 0 Å². The minimum absolute atomic E-state index is 0.0645. The fraction of sp³-hybridized carbons (Fsp3) is 0.423. The van der Waals surface area contributed by atoms with Crippen molar-refractivity contribution in [3.05, 3.63) is 59.7 Å². The van der Waals surface area contributed by atoms with Crippen LogP contribution in [0.15, 0.2) is 48.5 Å². The topological polar surface area (TPSA) is 125 Å². The number of alkyl carbamates (subject to hydrolysis) is 1. The highest BCUT2D eigenvalue weighted by Crippen LogP contribution is 2.44. The predicted octanol–water partition coefficient (Wildman–Crippen LogP) is 3.43. The molecule has 1 aliphatic rings. The van der Waals surface area contributed by atoms with Crippen LogP contribution in [-0.2, 0) is 14.3 Å². The number of aliphatic hydroxyl groups is 1. The Hall–Kier alpha value is -3.39. The number of rotatable bonds is 12. The van der Waals surface area contributed by atoms with Gasteiger partial charge in [0.25, 0.3) is 0 Å². The number of hydrogen-bond acceptors (Lipinski definition) is 5. The number of nitrogens with one attached hydrogen (secondary N) is 2. The number of aliphatic carboxylic acids is 1. The minimum Gasteiger partial charge on any atom is -0.480 e. The summed E-state index contributed by atoms with van der Waals surface area (Å²) in [6, 6.07) is 14.5. The van der Waals surface area contributed by atoms with Gasteiger partial charge in [0.05, 0.1) is 0 Å². The third-order valence-electron chi connectivity index (χ3n) is 6.05. The Morgan fingerprint density at radius 2 is 1.59 bits per heavy atom. The van der Waals surface area contributed by atoms with Crippen molar-refractivity contribution in [1.82, 2.24) is 10.6 Å². The van der Waals surface area contributed by atoms with Gasteiger partial charge in [0, 0.05) is 31.4 Å². The molecule has 0 radical (unpaired) electrons. The zero-order valence-corrected chi connectivity index (χ0v) is 19.3. The molecule has 2 aromatic rings. The zero-order valence-electron chi connectivity index (χ0n) is 19.3. The van der Waals surface area contributed by atoms with Crippen LogP contribution in [0.3, 0.4) is 0 Å². The Bertz CT molecular complexity index is 963. The van der Waals surface area contributed by atoms with Gasteiger partial charge < -0.3 is 25.6 Å². The number of fused-ring (bicyclic) bond motifs is 3. The summed E-state index contributed by atoms with van der Waals surface area (Å²) in [6.45, 7) is 1.82. The summed E-state index contributed by atoms with van der Waals surface area (Å²) < 4.78 is 5.58. The molecule has 2 amide bonds. The molecule has 0 fully saturated rings. The van der Waals surface area contributed by atoms with Crippen molar-refractivity contribution in [3.63, 3.8) is 0 Å². The highest BCUT2D eigenvalue weighted by molar-refractivity contribution is 5.84. The molecule has 8 nitrogen and oxygen atoms in total. The second kappa shape index (κ2) is 12.2. The number of carbonyl (C=O) groups is 3. The molecule has 182 valence electrons. The fourth-order valence-corrected chi connectivity index (χ4v) is 4.35. The van der Waals surface area contributed by atoms with E-state index in [1.807, 2.05) is 43.3 Å². The van der Waals surface area contributed by atoms with Gasteiger partial charge in [-0.3, -0.25) is 4.79 Å². The van der Waals surface area contributed by atoms with E-state index in [1.165, 1.54) is 0 Å². The van der Waals surface area contributed by atoms with Crippen LogP contribution in [-0.4, -0.2) is 53.5 Å². The first-order valence-corrected chi connectivity index (χ1v) is 11.7. The smallest absolute Gasteiger partial charge is 0.407 e. The molecule has 0 aromatic heterocycles. The maximum atomic E-state index is 12.6. The van der Waals surface area contributed by atoms with E-state index in [-0.39, 0.29) is 32.0 Å². The van der Waals surface area contributed by atoms with Crippen LogP contribution in [0.4, 0.5) is 4.79 Å². The van der Waals surface area contributed by atoms with Gasteiger partial charge in [-0.05, 0) is 28.7 Å². The van der Waals surface area contributed by atoms with E-state index in [0.717, 1.165) is 35.1 Å². The maximum absolute atomic E-state index is 12.6. The molecule has 0 aliphatic heterocycles. The first-order chi connectivity index (χ1) is 16.4.